The fraction of sp³-hybridized carbons (Fsp3) is 0.100. The van der Waals surface area contributed by atoms with E-state index in [0.717, 1.165) is 0 Å². The number of nitrogen functional groups attached to an aromatic ring is 1. The van der Waals surface area contributed by atoms with Crippen LogP contribution in [-0.2, 0) is 7.05 Å². The van der Waals surface area contributed by atoms with E-state index < -0.39 is 5.97 Å². The van der Waals surface area contributed by atoms with Gasteiger partial charge in [0, 0.05) is 13.2 Å². The number of carboxylic acids is 1. The van der Waals surface area contributed by atoms with Crippen molar-refractivity contribution in [2.75, 3.05) is 11.1 Å². The van der Waals surface area contributed by atoms with Gasteiger partial charge in [0.2, 0.25) is 0 Å². The van der Waals surface area contributed by atoms with Crippen LogP contribution in [-0.4, -0.2) is 25.8 Å². The van der Waals surface area contributed by atoms with Gasteiger partial charge in [-0.25, -0.2) is 9.78 Å². The summed E-state index contributed by atoms with van der Waals surface area (Å²) in [5.74, 6) is -0.851. The number of hydrogen-bond donors (Lipinski definition) is 3. The third-order valence-corrected chi connectivity index (χ3v) is 2.11. The molecule has 7 heteroatoms. The molecule has 0 fully saturated rings. The van der Waals surface area contributed by atoms with Crippen LogP contribution >= 0.6 is 0 Å². The first kappa shape index (κ1) is 10.9. The Labute approximate surface area is 96.9 Å². The Hall–Kier alpha value is -2.57. The second kappa shape index (κ2) is 4.12. The van der Waals surface area contributed by atoms with Gasteiger partial charge in [0.05, 0.1) is 23.8 Å². The zero-order valence-electron chi connectivity index (χ0n) is 9.08. The topological polar surface area (TPSA) is 106 Å². The fourth-order valence-electron chi connectivity index (χ4n) is 1.37. The van der Waals surface area contributed by atoms with Crippen LogP contribution in [0.4, 0.5) is 17.2 Å². The third-order valence-electron chi connectivity index (χ3n) is 2.11. The summed E-state index contributed by atoms with van der Waals surface area (Å²) in [7, 11) is 1.76. The number of rotatable bonds is 3. The SMILES string of the molecule is Cn1cc(Nc2ncc(N)cc2C(=O)O)cn1. The molecule has 0 unspecified atom stereocenters. The quantitative estimate of drug-likeness (QED) is 0.725. The smallest absolute Gasteiger partial charge is 0.339 e. The summed E-state index contributed by atoms with van der Waals surface area (Å²) in [6.07, 6.45) is 4.68. The Morgan fingerprint density at radius 3 is 2.88 bits per heavy atom. The van der Waals surface area contributed by atoms with E-state index in [4.69, 9.17) is 10.8 Å². The van der Waals surface area contributed by atoms with E-state index in [-0.39, 0.29) is 11.4 Å². The van der Waals surface area contributed by atoms with Crippen molar-refractivity contribution in [2.45, 2.75) is 0 Å². The van der Waals surface area contributed by atoms with Gasteiger partial charge in [-0.2, -0.15) is 5.10 Å². The number of nitrogens with two attached hydrogens (primary N) is 1. The zero-order chi connectivity index (χ0) is 12.4. The van der Waals surface area contributed by atoms with Crippen LogP contribution in [0.3, 0.4) is 0 Å². The standard InChI is InChI=1S/C10H11N5O2/c1-15-5-7(4-13-15)14-9-8(10(16)17)2-6(11)3-12-9/h2-5H,11H2,1H3,(H,12,14)(H,16,17). The molecule has 2 aromatic heterocycles. The summed E-state index contributed by atoms with van der Waals surface area (Å²) in [6.45, 7) is 0. The number of nitrogens with zero attached hydrogens (tertiary/aromatic N) is 3. The van der Waals surface area contributed by atoms with E-state index in [1.165, 1.54) is 12.3 Å². The van der Waals surface area contributed by atoms with E-state index in [1.54, 1.807) is 24.1 Å². The molecule has 0 atom stereocenters. The average molecular weight is 233 g/mol. The van der Waals surface area contributed by atoms with E-state index >= 15 is 0 Å². The van der Waals surface area contributed by atoms with E-state index in [1.807, 2.05) is 0 Å². The number of hydrogen-bond acceptors (Lipinski definition) is 5. The summed E-state index contributed by atoms with van der Waals surface area (Å²) >= 11 is 0. The molecule has 0 saturated heterocycles. The molecule has 88 valence electrons. The van der Waals surface area contributed by atoms with Gasteiger partial charge >= 0.3 is 5.97 Å². The lowest BCUT2D eigenvalue weighted by atomic mass is 10.2. The molecule has 0 bridgehead atoms. The van der Waals surface area contributed by atoms with Gasteiger partial charge in [-0.3, -0.25) is 4.68 Å². The number of aryl methyl sites for hydroxylation is 1. The van der Waals surface area contributed by atoms with Gasteiger partial charge in [-0.05, 0) is 6.07 Å². The van der Waals surface area contributed by atoms with Gasteiger partial charge < -0.3 is 16.2 Å². The van der Waals surface area contributed by atoms with Crippen molar-refractivity contribution in [3.63, 3.8) is 0 Å². The number of nitrogens with one attached hydrogen (secondary N) is 1. The van der Waals surface area contributed by atoms with Crippen LogP contribution in [0.2, 0.25) is 0 Å². The lowest BCUT2D eigenvalue weighted by Crippen LogP contribution is -2.05. The van der Waals surface area contributed by atoms with Gasteiger partial charge in [0.1, 0.15) is 11.4 Å². The molecule has 17 heavy (non-hydrogen) atoms. The predicted octanol–water partition coefficient (Wildman–Crippen LogP) is 0.839. The molecule has 0 amide bonds. The maximum Gasteiger partial charge on any atom is 0.339 e. The molecule has 0 aromatic carbocycles. The minimum atomic E-state index is -1.09. The number of carbonyl (C=O) groups is 1. The Morgan fingerprint density at radius 1 is 1.53 bits per heavy atom. The normalized spacial score (nSPS) is 10.2. The first-order chi connectivity index (χ1) is 8.06. The minimum absolute atomic E-state index is 0.0221. The molecule has 0 saturated carbocycles. The van der Waals surface area contributed by atoms with E-state index in [9.17, 15) is 4.79 Å². The Morgan fingerprint density at radius 2 is 2.29 bits per heavy atom. The third kappa shape index (κ3) is 2.33. The average Bonchev–Trinajstić information content (AvgIpc) is 2.66. The van der Waals surface area contributed by atoms with Crippen molar-refractivity contribution in [1.82, 2.24) is 14.8 Å². The largest absolute Gasteiger partial charge is 0.478 e. The van der Waals surface area contributed by atoms with Crippen molar-refractivity contribution >= 4 is 23.2 Å². The number of carboxylic acid groups (broad SMARTS) is 1. The van der Waals surface area contributed by atoms with E-state index in [0.29, 0.717) is 11.4 Å². The minimum Gasteiger partial charge on any atom is -0.478 e. The Balaban J connectivity index is 2.35. The molecule has 2 heterocycles. The number of aromatic carboxylic acids is 1. The molecular formula is C10H11N5O2. The molecule has 0 radical (unpaired) electrons. The highest BCUT2D eigenvalue weighted by atomic mass is 16.4. The predicted molar refractivity (Wildman–Crippen MR) is 62.1 cm³/mol. The molecule has 2 aromatic rings. The van der Waals surface area contributed by atoms with E-state index in [2.05, 4.69) is 15.4 Å². The molecule has 0 aliphatic heterocycles. The molecule has 0 aliphatic carbocycles. The fourth-order valence-corrected chi connectivity index (χ4v) is 1.37. The molecule has 0 aliphatic rings. The highest BCUT2D eigenvalue weighted by Gasteiger charge is 2.12. The molecule has 2 rings (SSSR count). The second-order valence-corrected chi connectivity index (χ2v) is 3.50. The van der Waals surface area contributed by atoms with Crippen molar-refractivity contribution in [3.05, 3.63) is 30.2 Å². The van der Waals surface area contributed by atoms with Crippen LogP contribution in [0.1, 0.15) is 10.4 Å². The summed E-state index contributed by atoms with van der Waals surface area (Å²) < 4.78 is 1.60. The van der Waals surface area contributed by atoms with Crippen LogP contribution in [0.25, 0.3) is 0 Å². The zero-order valence-corrected chi connectivity index (χ0v) is 9.08. The maximum atomic E-state index is 11.0. The summed E-state index contributed by atoms with van der Waals surface area (Å²) in [5, 5.41) is 15.8. The lowest BCUT2D eigenvalue weighted by molar-refractivity contribution is 0.0697. The first-order valence-electron chi connectivity index (χ1n) is 4.81. The monoisotopic (exact) mass is 233 g/mol. The molecular weight excluding hydrogens is 222 g/mol. The maximum absolute atomic E-state index is 11.0. The number of aromatic nitrogens is 3. The van der Waals surface area contributed by atoms with Crippen LogP contribution in [0, 0.1) is 0 Å². The van der Waals surface area contributed by atoms with Gasteiger partial charge in [-0.1, -0.05) is 0 Å². The summed E-state index contributed by atoms with van der Waals surface area (Å²) in [4.78, 5) is 15.0. The molecule has 0 spiro atoms. The van der Waals surface area contributed by atoms with Crippen LogP contribution < -0.4 is 11.1 Å². The highest BCUT2D eigenvalue weighted by Crippen LogP contribution is 2.19. The Bertz CT molecular complexity index is 564. The van der Waals surface area contributed by atoms with Crippen LogP contribution in [0.15, 0.2) is 24.7 Å². The Kier molecular flexibility index (Phi) is 2.65. The lowest BCUT2D eigenvalue weighted by Gasteiger charge is -2.06. The van der Waals surface area contributed by atoms with Crippen molar-refractivity contribution in [1.29, 1.82) is 0 Å². The first-order valence-corrected chi connectivity index (χ1v) is 4.81. The van der Waals surface area contributed by atoms with Gasteiger partial charge in [0.25, 0.3) is 0 Å². The van der Waals surface area contributed by atoms with Gasteiger partial charge in [-0.15, -0.1) is 0 Å². The highest BCUT2D eigenvalue weighted by molar-refractivity contribution is 5.94. The second-order valence-electron chi connectivity index (χ2n) is 3.50. The summed E-state index contributed by atoms with van der Waals surface area (Å²) in [6, 6.07) is 1.36. The summed E-state index contributed by atoms with van der Waals surface area (Å²) in [5.41, 5.74) is 6.48. The van der Waals surface area contributed by atoms with Crippen molar-refractivity contribution < 1.29 is 9.90 Å². The van der Waals surface area contributed by atoms with Crippen LogP contribution in [0.5, 0.6) is 0 Å². The molecule has 4 N–H and O–H groups in total. The number of pyridine rings is 1. The molecule has 7 nitrogen and oxygen atoms in total. The van der Waals surface area contributed by atoms with Crippen molar-refractivity contribution in [3.8, 4) is 0 Å². The number of anilines is 3. The van der Waals surface area contributed by atoms with Crippen molar-refractivity contribution in [2.24, 2.45) is 7.05 Å². The van der Waals surface area contributed by atoms with Gasteiger partial charge in [0.15, 0.2) is 0 Å².